The molecule has 1 aromatic carbocycles. The Morgan fingerprint density at radius 1 is 1.40 bits per heavy atom. The van der Waals surface area contributed by atoms with Crippen LogP contribution in [0, 0.1) is 12.7 Å². The molecule has 0 atom stereocenters. The minimum absolute atomic E-state index is 0.177. The van der Waals surface area contributed by atoms with Gasteiger partial charge in [-0.1, -0.05) is 6.92 Å². The number of hydrogen-bond donors (Lipinski definition) is 1. The molecule has 4 heteroatoms. The minimum atomic E-state index is -0.177. The Morgan fingerprint density at radius 3 is 2.80 bits per heavy atom. The molecule has 0 aliphatic heterocycles. The van der Waals surface area contributed by atoms with E-state index in [1.54, 1.807) is 6.07 Å². The van der Waals surface area contributed by atoms with Gasteiger partial charge >= 0.3 is 0 Å². The molecule has 15 heavy (non-hydrogen) atoms. The van der Waals surface area contributed by atoms with Gasteiger partial charge in [-0.3, -0.25) is 5.10 Å². The van der Waals surface area contributed by atoms with Gasteiger partial charge in [0.05, 0.1) is 0 Å². The fourth-order valence-corrected chi connectivity index (χ4v) is 1.68. The van der Waals surface area contributed by atoms with E-state index in [0.29, 0.717) is 17.8 Å². The van der Waals surface area contributed by atoms with Crippen molar-refractivity contribution in [2.24, 2.45) is 0 Å². The number of nitrogens with zero attached hydrogens (tertiary/aromatic N) is 2. The Morgan fingerprint density at radius 2 is 2.20 bits per heavy atom. The molecule has 2 aromatic rings. The Labute approximate surface area is 87.4 Å². The summed E-state index contributed by atoms with van der Waals surface area (Å²) in [5.74, 6) is 0.443. The molecule has 1 N–H and O–H groups in total. The summed E-state index contributed by atoms with van der Waals surface area (Å²) in [5.41, 5.74) is 2.36. The van der Waals surface area contributed by atoms with E-state index in [1.165, 1.54) is 6.33 Å². The lowest BCUT2D eigenvalue weighted by Gasteiger charge is -2.07. The molecule has 0 unspecified atom stereocenters. The maximum atomic E-state index is 13.6. The number of hydrogen-bond acceptors (Lipinski definition) is 2. The van der Waals surface area contributed by atoms with Gasteiger partial charge in [0.2, 0.25) is 0 Å². The average Bonchev–Trinajstić information content (AvgIpc) is 2.69. The standard InChI is InChI=1S/C11H12FN3/c1-3-8-9(11-13-6-14-15-11)4-7(2)5-10(8)12/h4-6H,3H2,1-2H3,(H,13,14,15). The van der Waals surface area contributed by atoms with E-state index in [-0.39, 0.29) is 5.82 Å². The molecule has 3 nitrogen and oxygen atoms in total. The zero-order chi connectivity index (χ0) is 10.8. The third kappa shape index (κ3) is 1.75. The van der Waals surface area contributed by atoms with Crippen molar-refractivity contribution in [3.63, 3.8) is 0 Å². The van der Waals surface area contributed by atoms with E-state index in [1.807, 2.05) is 19.9 Å². The lowest BCUT2D eigenvalue weighted by atomic mass is 10.0. The van der Waals surface area contributed by atoms with Crippen molar-refractivity contribution >= 4 is 0 Å². The normalized spacial score (nSPS) is 10.6. The highest BCUT2D eigenvalue weighted by atomic mass is 19.1. The van der Waals surface area contributed by atoms with Crippen LogP contribution in [0.25, 0.3) is 11.4 Å². The first kappa shape index (κ1) is 9.83. The van der Waals surface area contributed by atoms with Crippen LogP contribution in [0.4, 0.5) is 4.39 Å². The second-order valence-corrected chi connectivity index (χ2v) is 3.46. The Balaban J connectivity index is 2.64. The fraction of sp³-hybridized carbons (Fsp3) is 0.273. The zero-order valence-electron chi connectivity index (χ0n) is 8.71. The number of benzene rings is 1. The molecule has 0 aliphatic rings. The number of halogens is 1. The number of aromatic nitrogens is 3. The molecule has 0 spiro atoms. The van der Waals surface area contributed by atoms with Gasteiger partial charge in [-0.05, 0) is 36.6 Å². The molecule has 1 aromatic heterocycles. The van der Waals surface area contributed by atoms with Crippen molar-refractivity contribution in [2.75, 3.05) is 0 Å². The van der Waals surface area contributed by atoms with Gasteiger partial charge in [0.25, 0.3) is 0 Å². The summed E-state index contributed by atoms with van der Waals surface area (Å²) in [5, 5.41) is 6.53. The summed E-state index contributed by atoms with van der Waals surface area (Å²) in [7, 11) is 0. The van der Waals surface area contributed by atoms with Gasteiger partial charge in [0, 0.05) is 5.56 Å². The van der Waals surface area contributed by atoms with Gasteiger partial charge in [0.1, 0.15) is 12.1 Å². The first-order valence-electron chi connectivity index (χ1n) is 4.87. The average molecular weight is 205 g/mol. The highest BCUT2D eigenvalue weighted by Gasteiger charge is 2.11. The van der Waals surface area contributed by atoms with E-state index >= 15 is 0 Å². The molecule has 0 aliphatic carbocycles. The van der Waals surface area contributed by atoms with Gasteiger partial charge < -0.3 is 0 Å². The highest BCUT2D eigenvalue weighted by molar-refractivity contribution is 5.61. The van der Waals surface area contributed by atoms with Crippen LogP contribution < -0.4 is 0 Å². The Hall–Kier alpha value is -1.71. The Kier molecular flexibility index (Phi) is 2.49. The van der Waals surface area contributed by atoms with Crippen LogP contribution in [0.2, 0.25) is 0 Å². The summed E-state index contributed by atoms with van der Waals surface area (Å²) in [6.07, 6.45) is 2.07. The van der Waals surface area contributed by atoms with Crippen LogP contribution in [0.15, 0.2) is 18.5 Å². The monoisotopic (exact) mass is 205 g/mol. The molecule has 0 saturated heterocycles. The number of aryl methyl sites for hydroxylation is 1. The lowest BCUT2D eigenvalue weighted by Crippen LogP contribution is -1.95. The van der Waals surface area contributed by atoms with E-state index < -0.39 is 0 Å². The second kappa shape index (κ2) is 3.81. The van der Waals surface area contributed by atoms with Crippen molar-refractivity contribution in [3.05, 3.63) is 35.4 Å². The fourth-order valence-electron chi connectivity index (χ4n) is 1.68. The van der Waals surface area contributed by atoms with Gasteiger partial charge in [0.15, 0.2) is 5.82 Å². The Bertz CT molecular complexity index is 463. The van der Waals surface area contributed by atoms with Crippen LogP contribution in [-0.4, -0.2) is 15.2 Å². The van der Waals surface area contributed by atoms with E-state index in [4.69, 9.17) is 0 Å². The van der Waals surface area contributed by atoms with Crippen molar-refractivity contribution in [1.29, 1.82) is 0 Å². The molecular weight excluding hydrogens is 193 g/mol. The molecule has 2 rings (SSSR count). The van der Waals surface area contributed by atoms with E-state index in [9.17, 15) is 4.39 Å². The molecule has 0 amide bonds. The van der Waals surface area contributed by atoms with Crippen LogP contribution in [0.3, 0.4) is 0 Å². The molecule has 78 valence electrons. The smallest absolute Gasteiger partial charge is 0.155 e. The van der Waals surface area contributed by atoms with Gasteiger partial charge in [-0.25, -0.2) is 9.37 Å². The van der Waals surface area contributed by atoms with Gasteiger partial charge in [-0.2, -0.15) is 5.10 Å². The van der Waals surface area contributed by atoms with Crippen molar-refractivity contribution in [2.45, 2.75) is 20.3 Å². The molecule has 0 saturated carbocycles. The van der Waals surface area contributed by atoms with E-state index in [0.717, 1.165) is 11.1 Å². The summed E-state index contributed by atoms with van der Waals surface area (Å²) in [6.45, 7) is 3.79. The zero-order valence-corrected chi connectivity index (χ0v) is 8.71. The topological polar surface area (TPSA) is 41.6 Å². The third-order valence-corrected chi connectivity index (χ3v) is 2.36. The van der Waals surface area contributed by atoms with E-state index in [2.05, 4.69) is 15.2 Å². The quantitative estimate of drug-likeness (QED) is 0.818. The summed E-state index contributed by atoms with van der Waals surface area (Å²) < 4.78 is 13.6. The predicted molar refractivity (Wildman–Crippen MR) is 55.9 cm³/mol. The second-order valence-electron chi connectivity index (χ2n) is 3.46. The number of rotatable bonds is 2. The number of H-pyrrole nitrogens is 1. The molecule has 1 heterocycles. The van der Waals surface area contributed by atoms with Gasteiger partial charge in [-0.15, -0.1) is 0 Å². The first-order chi connectivity index (χ1) is 7.22. The largest absolute Gasteiger partial charge is 0.259 e. The SMILES string of the molecule is CCc1c(F)cc(C)cc1-c1ncn[nH]1. The van der Waals surface area contributed by atoms with Crippen molar-refractivity contribution < 1.29 is 4.39 Å². The van der Waals surface area contributed by atoms with Crippen LogP contribution in [-0.2, 0) is 6.42 Å². The van der Waals surface area contributed by atoms with Crippen molar-refractivity contribution in [1.82, 2.24) is 15.2 Å². The number of aromatic amines is 1. The first-order valence-corrected chi connectivity index (χ1v) is 4.87. The van der Waals surface area contributed by atoms with Crippen LogP contribution in [0.1, 0.15) is 18.1 Å². The van der Waals surface area contributed by atoms with Crippen molar-refractivity contribution in [3.8, 4) is 11.4 Å². The lowest BCUT2D eigenvalue weighted by molar-refractivity contribution is 0.611. The predicted octanol–water partition coefficient (Wildman–Crippen LogP) is 2.48. The molecule has 0 fully saturated rings. The summed E-state index contributed by atoms with van der Waals surface area (Å²) in [4.78, 5) is 4.04. The minimum Gasteiger partial charge on any atom is -0.259 e. The highest BCUT2D eigenvalue weighted by Crippen LogP contribution is 2.24. The maximum absolute atomic E-state index is 13.6. The maximum Gasteiger partial charge on any atom is 0.155 e. The summed E-state index contributed by atoms with van der Waals surface area (Å²) in [6, 6.07) is 3.46. The summed E-state index contributed by atoms with van der Waals surface area (Å²) >= 11 is 0. The molecular formula is C11H12FN3. The van der Waals surface area contributed by atoms with Crippen LogP contribution >= 0.6 is 0 Å². The number of nitrogens with one attached hydrogen (secondary N) is 1. The van der Waals surface area contributed by atoms with Crippen LogP contribution in [0.5, 0.6) is 0 Å². The third-order valence-electron chi connectivity index (χ3n) is 2.36. The molecule has 0 radical (unpaired) electrons. The molecule has 0 bridgehead atoms.